The van der Waals surface area contributed by atoms with E-state index in [2.05, 4.69) is 38.9 Å². The van der Waals surface area contributed by atoms with Gasteiger partial charge in [0, 0.05) is 0 Å². The number of allylic oxidation sites excluding steroid dienone is 2. The molecule has 2 heterocycles. The van der Waals surface area contributed by atoms with Gasteiger partial charge in [0.05, 0.1) is 17.6 Å². The summed E-state index contributed by atoms with van der Waals surface area (Å²) in [5.74, 6) is 0. The van der Waals surface area contributed by atoms with Gasteiger partial charge < -0.3 is 9.31 Å². The molecule has 0 N–H and O–H groups in total. The minimum absolute atomic E-state index is 0.222. The Balaban J connectivity index is 2.01. The molecule has 0 aromatic carbocycles. The summed E-state index contributed by atoms with van der Waals surface area (Å²) in [6.45, 7) is 8.66. The molecular weight excluding hydrogens is 228 g/mol. The molecule has 2 rings (SSSR count). The van der Waals surface area contributed by atoms with Crippen LogP contribution in [0.2, 0.25) is 12.6 Å². The van der Waals surface area contributed by atoms with E-state index < -0.39 is 0 Å². The molecule has 0 saturated carbocycles. The first kappa shape index (κ1) is 13.8. The van der Waals surface area contributed by atoms with Crippen molar-refractivity contribution in [3.05, 3.63) is 16.5 Å². The average Bonchev–Trinajstić information content (AvgIpc) is 2.50. The Hall–Kier alpha value is -0.610. The predicted molar refractivity (Wildman–Crippen MR) is 74.8 cm³/mol. The summed E-state index contributed by atoms with van der Waals surface area (Å²) < 4.78 is 12.0. The van der Waals surface area contributed by atoms with Gasteiger partial charge in [0.2, 0.25) is 0 Å². The Morgan fingerprint density at radius 3 is 2.33 bits per heavy atom. The van der Waals surface area contributed by atoms with Crippen LogP contribution in [0.5, 0.6) is 0 Å². The molecule has 0 unspecified atom stereocenters. The molecule has 2 aliphatic heterocycles. The van der Waals surface area contributed by atoms with E-state index in [0.29, 0.717) is 13.2 Å². The van der Waals surface area contributed by atoms with Crippen molar-refractivity contribution in [3.63, 3.8) is 0 Å². The van der Waals surface area contributed by atoms with Crippen LogP contribution >= 0.6 is 0 Å². The first-order valence-electron chi connectivity index (χ1n) is 6.69. The maximum atomic E-state index is 10.3. The van der Waals surface area contributed by atoms with E-state index in [4.69, 9.17) is 9.31 Å². The second-order valence-corrected chi connectivity index (χ2v) is 6.32. The number of nitrogens with zero attached hydrogens (tertiary/aromatic N) is 1. The molecule has 4 nitrogen and oxygen atoms in total. The molecule has 0 aromatic rings. The minimum atomic E-state index is -0.278. The standard InChI is InChI=1S/C12H21B2NO3/c1-11(2)12(3,4)18-14(17-11)10-5-7-13(8-6-10)9-15-16/h5H,6-9H2,1-4H3. The Labute approximate surface area is 110 Å². The topological polar surface area (TPSA) is 47.9 Å². The zero-order valence-electron chi connectivity index (χ0n) is 11.7. The average molecular weight is 249 g/mol. The molecule has 2 aliphatic rings. The molecule has 1 fully saturated rings. The van der Waals surface area contributed by atoms with Crippen LogP contribution in [0.1, 0.15) is 34.1 Å². The van der Waals surface area contributed by atoms with E-state index in [1.165, 1.54) is 5.47 Å². The van der Waals surface area contributed by atoms with E-state index in [9.17, 15) is 4.91 Å². The fourth-order valence-corrected chi connectivity index (χ4v) is 2.39. The third-order valence-corrected chi connectivity index (χ3v) is 4.44. The molecular formula is C12H21B2NO3. The van der Waals surface area contributed by atoms with Gasteiger partial charge in [-0.15, -0.1) is 0 Å². The predicted octanol–water partition coefficient (Wildman–Crippen LogP) is 2.75. The quantitative estimate of drug-likeness (QED) is 0.570. The van der Waals surface area contributed by atoms with E-state index in [1.54, 1.807) is 0 Å². The van der Waals surface area contributed by atoms with Crippen LogP contribution in [-0.2, 0) is 9.31 Å². The highest BCUT2D eigenvalue weighted by Gasteiger charge is 2.52. The molecule has 6 heteroatoms. The van der Waals surface area contributed by atoms with Crippen LogP contribution in [-0.4, -0.2) is 31.5 Å². The lowest BCUT2D eigenvalue weighted by Crippen LogP contribution is -2.41. The highest BCUT2D eigenvalue weighted by atomic mass is 16.7. The van der Waals surface area contributed by atoms with E-state index >= 15 is 0 Å². The van der Waals surface area contributed by atoms with Gasteiger partial charge >= 0.3 is 7.12 Å². The van der Waals surface area contributed by atoms with Crippen LogP contribution < -0.4 is 0 Å². The van der Waals surface area contributed by atoms with Gasteiger partial charge in [-0.3, -0.25) is 0 Å². The fraction of sp³-hybridized carbons (Fsp3) is 0.833. The number of hydrogen-bond acceptors (Lipinski definition) is 4. The number of rotatable bonds is 3. The zero-order chi connectivity index (χ0) is 13.4. The van der Waals surface area contributed by atoms with Crippen LogP contribution in [0.15, 0.2) is 16.7 Å². The number of nitroso groups, excluding NO2 is 1. The van der Waals surface area contributed by atoms with Crippen molar-refractivity contribution < 1.29 is 9.31 Å². The van der Waals surface area contributed by atoms with E-state index in [-0.39, 0.29) is 18.3 Å². The first-order valence-corrected chi connectivity index (χ1v) is 6.69. The third kappa shape index (κ3) is 2.54. The lowest BCUT2D eigenvalue weighted by atomic mass is 9.41. The van der Waals surface area contributed by atoms with Gasteiger partial charge in [-0.05, 0) is 39.6 Å². The molecule has 0 bridgehead atoms. The Bertz CT molecular complexity index is 352. The molecule has 0 aliphatic carbocycles. The summed E-state index contributed by atoms with van der Waals surface area (Å²) in [7, 11) is -0.222. The van der Waals surface area contributed by atoms with Gasteiger partial charge in [0.25, 0.3) is 0 Å². The van der Waals surface area contributed by atoms with Gasteiger partial charge in [0.1, 0.15) is 0 Å². The summed E-state index contributed by atoms with van der Waals surface area (Å²) in [5, 5.41) is 2.99. The molecule has 0 spiro atoms. The van der Waals surface area contributed by atoms with Crippen LogP contribution in [0.4, 0.5) is 0 Å². The smallest absolute Gasteiger partial charge is 0.400 e. The second kappa shape index (κ2) is 4.82. The largest absolute Gasteiger partial charge is 0.490 e. The third-order valence-electron chi connectivity index (χ3n) is 4.44. The van der Waals surface area contributed by atoms with Gasteiger partial charge in [-0.1, -0.05) is 23.9 Å². The Morgan fingerprint density at radius 2 is 1.89 bits per heavy atom. The summed E-state index contributed by atoms with van der Waals surface area (Å²) in [6, 6.07) is 0. The van der Waals surface area contributed by atoms with Gasteiger partial charge in [-0.25, -0.2) is 0 Å². The molecule has 0 amide bonds. The zero-order valence-corrected chi connectivity index (χ0v) is 11.7. The van der Waals surface area contributed by atoms with Crippen molar-refractivity contribution in [1.82, 2.24) is 0 Å². The summed E-state index contributed by atoms with van der Waals surface area (Å²) in [6.07, 6.45) is 5.44. The highest BCUT2D eigenvalue weighted by Crippen LogP contribution is 2.40. The Kier molecular flexibility index (Phi) is 3.70. The molecule has 1 saturated heterocycles. The van der Waals surface area contributed by atoms with Crippen LogP contribution in [0.3, 0.4) is 0 Å². The van der Waals surface area contributed by atoms with Gasteiger partial charge in [0.15, 0.2) is 6.71 Å². The summed E-state index contributed by atoms with van der Waals surface area (Å²) in [5.41, 5.74) is 0.662. The van der Waals surface area contributed by atoms with Crippen LogP contribution in [0, 0.1) is 4.91 Å². The van der Waals surface area contributed by atoms with Gasteiger partial charge in [-0.2, -0.15) is 4.91 Å². The normalized spacial score (nSPS) is 26.1. The monoisotopic (exact) mass is 249 g/mol. The van der Waals surface area contributed by atoms with E-state index in [1.807, 2.05) is 0 Å². The molecule has 0 radical (unpaired) electrons. The lowest BCUT2D eigenvalue weighted by molar-refractivity contribution is 0.00578. The summed E-state index contributed by atoms with van der Waals surface area (Å²) >= 11 is 0. The van der Waals surface area contributed by atoms with Crippen molar-refractivity contribution in [2.45, 2.75) is 58.0 Å². The van der Waals surface area contributed by atoms with Crippen molar-refractivity contribution in [2.75, 3.05) is 6.44 Å². The lowest BCUT2D eigenvalue weighted by Gasteiger charge is -2.32. The van der Waals surface area contributed by atoms with Crippen molar-refractivity contribution >= 4 is 13.8 Å². The van der Waals surface area contributed by atoms with Crippen molar-refractivity contribution in [1.29, 1.82) is 0 Å². The fourth-order valence-electron chi connectivity index (χ4n) is 2.39. The molecule has 98 valence electrons. The van der Waals surface area contributed by atoms with Crippen molar-refractivity contribution in [2.24, 2.45) is 5.18 Å². The highest BCUT2D eigenvalue weighted by molar-refractivity contribution is 6.62. The maximum Gasteiger partial charge on any atom is 0.490 e. The molecule has 0 aromatic heterocycles. The number of hydrogen-bond donors (Lipinski definition) is 0. The van der Waals surface area contributed by atoms with Crippen molar-refractivity contribution in [3.8, 4) is 0 Å². The SMILES string of the molecule is CC1(C)OB(C2=CCB(CN=O)CC2)OC1(C)C. The molecule has 0 atom stereocenters. The molecule has 18 heavy (non-hydrogen) atoms. The van der Waals surface area contributed by atoms with E-state index in [0.717, 1.165) is 19.1 Å². The summed E-state index contributed by atoms with van der Waals surface area (Å²) in [4.78, 5) is 10.3. The maximum absolute atomic E-state index is 10.3. The minimum Gasteiger partial charge on any atom is -0.400 e. The second-order valence-electron chi connectivity index (χ2n) is 6.32. The van der Waals surface area contributed by atoms with Crippen LogP contribution in [0.25, 0.3) is 0 Å². The Morgan fingerprint density at radius 1 is 1.28 bits per heavy atom. The first-order chi connectivity index (χ1) is 8.36.